The van der Waals surface area contributed by atoms with E-state index in [9.17, 15) is 4.79 Å². The molecular formula is C13H23N5O. The average molecular weight is 265 g/mol. The summed E-state index contributed by atoms with van der Waals surface area (Å²) in [7, 11) is 1.78. The summed E-state index contributed by atoms with van der Waals surface area (Å²) in [6.07, 6.45) is 0.472. The fourth-order valence-electron chi connectivity index (χ4n) is 1.80. The second-order valence-electron chi connectivity index (χ2n) is 4.21. The number of hydrogen-bond donors (Lipinski definition) is 2. The minimum Gasteiger partial charge on any atom is -0.369 e. The van der Waals surface area contributed by atoms with Crippen LogP contribution in [-0.4, -0.2) is 47.5 Å². The van der Waals surface area contributed by atoms with Crippen LogP contribution < -0.4 is 10.6 Å². The first-order valence-corrected chi connectivity index (χ1v) is 6.65. The minimum atomic E-state index is 0.164. The van der Waals surface area contributed by atoms with Crippen molar-refractivity contribution in [3.63, 3.8) is 0 Å². The van der Waals surface area contributed by atoms with Gasteiger partial charge < -0.3 is 15.5 Å². The lowest BCUT2D eigenvalue weighted by molar-refractivity contribution is -0.130. The van der Waals surface area contributed by atoms with E-state index in [4.69, 9.17) is 0 Å². The molecule has 0 saturated carbocycles. The topological polar surface area (TPSA) is 70.2 Å². The van der Waals surface area contributed by atoms with E-state index in [1.54, 1.807) is 7.05 Å². The molecule has 0 radical (unpaired) electrons. The molecule has 1 heterocycles. The Hall–Kier alpha value is -1.85. The van der Waals surface area contributed by atoms with E-state index in [2.05, 4.69) is 20.6 Å². The van der Waals surface area contributed by atoms with Crippen LogP contribution in [0.3, 0.4) is 0 Å². The smallest absolute Gasteiger partial charge is 0.224 e. The van der Waals surface area contributed by atoms with E-state index in [-0.39, 0.29) is 5.91 Å². The van der Waals surface area contributed by atoms with Crippen molar-refractivity contribution in [1.29, 1.82) is 0 Å². The van der Waals surface area contributed by atoms with Gasteiger partial charge in [-0.25, -0.2) is 4.98 Å². The molecule has 1 rings (SSSR count). The fraction of sp³-hybridized carbons (Fsp3) is 0.615. The zero-order valence-corrected chi connectivity index (χ0v) is 12.2. The molecule has 0 atom stereocenters. The number of carbonyl (C=O) groups excluding carboxylic acids is 1. The van der Waals surface area contributed by atoms with Gasteiger partial charge in [0.15, 0.2) is 0 Å². The largest absolute Gasteiger partial charge is 0.369 e. The number of nitrogens with one attached hydrogen (secondary N) is 2. The molecular weight excluding hydrogens is 242 g/mol. The number of rotatable bonds is 7. The van der Waals surface area contributed by atoms with Gasteiger partial charge in [-0.05, 0) is 20.8 Å². The quantitative estimate of drug-likeness (QED) is 0.782. The third kappa shape index (κ3) is 4.73. The first-order chi connectivity index (χ1) is 9.10. The van der Waals surface area contributed by atoms with Crippen LogP contribution in [0.1, 0.15) is 26.0 Å². The molecule has 0 fully saturated rings. The van der Waals surface area contributed by atoms with Crippen LogP contribution in [0.4, 0.5) is 11.8 Å². The Morgan fingerprint density at radius 3 is 2.58 bits per heavy atom. The van der Waals surface area contributed by atoms with Crippen LogP contribution in [0.25, 0.3) is 0 Å². The average Bonchev–Trinajstić information content (AvgIpc) is 2.39. The maximum atomic E-state index is 11.8. The van der Waals surface area contributed by atoms with Crippen molar-refractivity contribution in [1.82, 2.24) is 14.9 Å². The maximum absolute atomic E-state index is 11.8. The van der Waals surface area contributed by atoms with Crippen LogP contribution in [0.2, 0.25) is 0 Å². The first kappa shape index (κ1) is 15.2. The standard InChI is InChI=1S/C13H23N5O/c1-5-18(6-2)12(19)7-8-15-11-9-10(3)16-13(14-4)17-11/h9H,5-8H2,1-4H3,(H2,14,15,16,17). The van der Waals surface area contributed by atoms with E-state index in [0.29, 0.717) is 18.9 Å². The lowest BCUT2D eigenvalue weighted by atomic mass is 10.3. The molecule has 0 aliphatic rings. The summed E-state index contributed by atoms with van der Waals surface area (Å²) >= 11 is 0. The summed E-state index contributed by atoms with van der Waals surface area (Å²) in [6.45, 7) is 7.98. The number of amides is 1. The summed E-state index contributed by atoms with van der Waals surface area (Å²) in [5, 5.41) is 6.06. The van der Waals surface area contributed by atoms with Crippen molar-refractivity contribution in [2.75, 3.05) is 37.3 Å². The molecule has 106 valence electrons. The van der Waals surface area contributed by atoms with Gasteiger partial charge in [-0.15, -0.1) is 0 Å². The summed E-state index contributed by atoms with van der Waals surface area (Å²) in [5.74, 6) is 1.49. The molecule has 0 aromatic carbocycles. The first-order valence-electron chi connectivity index (χ1n) is 6.65. The number of nitrogens with zero attached hydrogens (tertiary/aromatic N) is 3. The van der Waals surface area contributed by atoms with Crippen LogP contribution in [0.15, 0.2) is 6.07 Å². The number of hydrogen-bond acceptors (Lipinski definition) is 5. The van der Waals surface area contributed by atoms with Gasteiger partial charge in [0.1, 0.15) is 5.82 Å². The Morgan fingerprint density at radius 1 is 1.32 bits per heavy atom. The monoisotopic (exact) mass is 265 g/mol. The van der Waals surface area contributed by atoms with Crippen LogP contribution in [0.5, 0.6) is 0 Å². The van der Waals surface area contributed by atoms with Gasteiger partial charge in [0.05, 0.1) is 0 Å². The number of aryl methyl sites for hydroxylation is 1. The van der Waals surface area contributed by atoms with Gasteiger partial charge >= 0.3 is 0 Å². The highest BCUT2D eigenvalue weighted by Gasteiger charge is 2.09. The van der Waals surface area contributed by atoms with Crippen molar-refractivity contribution < 1.29 is 4.79 Å². The molecule has 0 aliphatic carbocycles. The van der Waals surface area contributed by atoms with E-state index in [1.165, 1.54) is 0 Å². The van der Waals surface area contributed by atoms with Crippen molar-refractivity contribution in [3.05, 3.63) is 11.8 Å². The molecule has 0 bridgehead atoms. The molecule has 6 heteroatoms. The van der Waals surface area contributed by atoms with Crippen molar-refractivity contribution in [2.45, 2.75) is 27.2 Å². The normalized spacial score (nSPS) is 10.1. The molecule has 0 saturated heterocycles. The van der Waals surface area contributed by atoms with Gasteiger partial charge in [0.25, 0.3) is 0 Å². The fourth-order valence-corrected chi connectivity index (χ4v) is 1.80. The second-order valence-corrected chi connectivity index (χ2v) is 4.21. The summed E-state index contributed by atoms with van der Waals surface area (Å²) in [4.78, 5) is 22.1. The van der Waals surface area contributed by atoms with Crippen molar-refractivity contribution in [3.8, 4) is 0 Å². The van der Waals surface area contributed by atoms with Crippen molar-refractivity contribution >= 4 is 17.7 Å². The maximum Gasteiger partial charge on any atom is 0.224 e. The van der Waals surface area contributed by atoms with Crippen LogP contribution in [0, 0.1) is 6.92 Å². The Labute approximate surface area is 114 Å². The summed E-state index contributed by atoms with van der Waals surface area (Å²) in [5.41, 5.74) is 0.886. The number of aromatic nitrogens is 2. The van der Waals surface area contributed by atoms with Crippen LogP contribution >= 0.6 is 0 Å². The molecule has 0 spiro atoms. The second kappa shape index (κ2) is 7.56. The van der Waals surface area contributed by atoms with Gasteiger partial charge in [-0.1, -0.05) is 0 Å². The van der Waals surface area contributed by atoms with E-state index >= 15 is 0 Å². The highest BCUT2D eigenvalue weighted by atomic mass is 16.2. The predicted molar refractivity (Wildman–Crippen MR) is 77.4 cm³/mol. The van der Waals surface area contributed by atoms with Gasteiger partial charge in [0, 0.05) is 44.9 Å². The SMILES string of the molecule is CCN(CC)C(=O)CCNc1cc(C)nc(NC)n1. The Bertz CT molecular complexity index is 417. The third-order valence-corrected chi connectivity index (χ3v) is 2.84. The Kier molecular flexibility index (Phi) is 6.05. The minimum absolute atomic E-state index is 0.164. The zero-order valence-electron chi connectivity index (χ0n) is 12.2. The Balaban J connectivity index is 2.49. The van der Waals surface area contributed by atoms with E-state index in [1.807, 2.05) is 31.7 Å². The summed E-state index contributed by atoms with van der Waals surface area (Å²) < 4.78 is 0. The van der Waals surface area contributed by atoms with Crippen LogP contribution in [-0.2, 0) is 4.79 Å². The molecule has 1 aromatic rings. The van der Waals surface area contributed by atoms with E-state index in [0.717, 1.165) is 24.6 Å². The molecule has 1 aromatic heterocycles. The number of anilines is 2. The third-order valence-electron chi connectivity index (χ3n) is 2.84. The molecule has 6 nitrogen and oxygen atoms in total. The van der Waals surface area contributed by atoms with Gasteiger partial charge in [-0.2, -0.15) is 4.98 Å². The predicted octanol–water partition coefficient (Wildman–Crippen LogP) is 1.50. The zero-order chi connectivity index (χ0) is 14.3. The molecule has 0 aliphatic heterocycles. The number of carbonyl (C=O) groups is 1. The lowest BCUT2D eigenvalue weighted by Gasteiger charge is -2.18. The highest BCUT2D eigenvalue weighted by molar-refractivity contribution is 5.76. The molecule has 2 N–H and O–H groups in total. The summed E-state index contributed by atoms with van der Waals surface area (Å²) in [6, 6.07) is 1.86. The van der Waals surface area contributed by atoms with Crippen molar-refractivity contribution in [2.24, 2.45) is 0 Å². The van der Waals surface area contributed by atoms with E-state index < -0.39 is 0 Å². The molecule has 19 heavy (non-hydrogen) atoms. The Morgan fingerprint density at radius 2 is 2.00 bits per heavy atom. The lowest BCUT2D eigenvalue weighted by Crippen LogP contribution is -2.31. The van der Waals surface area contributed by atoms with Gasteiger partial charge in [0.2, 0.25) is 11.9 Å². The highest BCUT2D eigenvalue weighted by Crippen LogP contribution is 2.09. The molecule has 0 unspecified atom stereocenters. The van der Waals surface area contributed by atoms with Gasteiger partial charge in [-0.3, -0.25) is 4.79 Å². The molecule has 1 amide bonds.